The molecule has 2 aliphatic rings. The molecule has 0 radical (unpaired) electrons. The summed E-state index contributed by atoms with van der Waals surface area (Å²) in [5, 5.41) is 0.771. The van der Waals surface area contributed by atoms with Crippen LogP contribution in [0, 0.1) is 0 Å². The van der Waals surface area contributed by atoms with Crippen LogP contribution < -0.4 is 0 Å². The SMILES string of the molecule is CN1Cc2c(Cl)nc(S(C)=O)nc2CC12CCc1ccccc12. The van der Waals surface area contributed by atoms with Gasteiger partial charge in [0.25, 0.3) is 0 Å². The number of aromatic nitrogens is 2. The van der Waals surface area contributed by atoms with Crippen molar-refractivity contribution in [2.24, 2.45) is 0 Å². The van der Waals surface area contributed by atoms with Crippen LogP contribution in [-0.4, -0.2) is 32.4 Å². The van der Waals surface area contributed by atoms with Crippen molar-refractivity contribution in [1.29, 1.82) is 0 Å². The standard InChI is InChI=1S/C17H18ClN3OS/c1-21-10-12-14(19-16(23(2)22)20-15(12)18)9-17(21)8-7-11-5-3-4-6-13(11)17/h3-6H,7-10H2,1-2H3. The maximum Gasteiger partial charge on any atom is 0.219 e. The highest BCUT2D eigenvalue weighted by atomic mass is 35.5. The zero-order chi connectivity index (χ0) is 16.2. The van der Waals surface area contributed by atoms with E-state index in [1.807, 2.05) is 0 Å². The Morgan fingerprint density at radius 3 is 2.87 bits per heavy atom. The van der Waals surface area contributed by atoms with Gasteiger partial charge in [-0.25, -0.2) is 9.97 Å². The zero-order valence-electron chi connectivity index (χ0n) is 13.2. The lowest BCUT2D eigenvalue weighted by Crippen LogP contribution is -2.47. The fraction of sp³-hybridized carbons (Fsp3) is 0.412. The summed E-state index contributed by atoms with van der Waals surface area (Å²) in [5.74, 6) is 0. The second kappa shape index (κ2) is 5.36. The summed E-state index contributed by atoms with van der Waals surface area (Å²) in [4.78, 5) is 11.2. The molecule has 0 bridgehead atoms. The van der Waals surface area contributed by atoms with E-state index in [2.05, 4.69) is 46.2 Å². The number of rotatable bonds is 1. The number of hydrogen-bond acceptors (Lipinski definition) is 4. The molecule has 0 amide bonds. The molecule has 0 N–H and O–H groups in total. The van der Waals surface area contributed by atoms with Gasteiger partial charge < -0.3 is 0 Å². The quantitative estimate of drug-likeness (QED) is 0.588. The lowest BCUT2D eigenvalue weighted by molar-refractivity contribution is 0.0925. The molecule has 0 saturated heterocycles. The molecule has 1 aromatic carbocycles. The number of aryl methyl sites for hydroxylation is 1. The molecule has 2 atom stereocenters. The highest BCUT2D eigenvalue weighted by Crippen LogP contribution is 2.47. The molecule has 2 unspecified atom stereocenters. The van der Waals surface area contributed by atoms with Crippen LogP contribution in [0.15, 0.2) is 29.4 Å². The van der Waals surface area contributed by atoms with Crippen LogP contribution >= 0.6 is 11.6 Å². The van der Waals surface area contributed by atoms with Gasteiger partial charge in [0, 0.05) is 24.8 Å². The van der Waals surface area contributed by atoms with Crippen molar-refractivity contribution in [3.05, 3.63) is 51.8 Å². The topological polar surface area (TPSA) is 46.1 Å². The molecule has 1 aliphatic carbocycles. The fourth-order valence-electron chi connectivity index (χ4n) is 3.96. The van der Waals surface area contributed by atoms with E-state index in [-0.39, 0.29) is 5.54 Å². The number of hydrogen-bond donors (Lipinski definition) is 0. The normalized spacial score (nSPS) is 24.5. The molecular formula is C17H18ClN3OS. The average Bonchev–Trinajstić information content (AvgIpc) is 2.89. The van der Waals surface area contributed by atoms with Gasteiger partial charge in [0.1, 0.15) is 5.15 Å². The van der Waals surface area contributed by atoms with Crippen LogP contribution in [0.25, 0.3) is 0 Å². The molecule has 4 rings (SSSR count). The highest BCUT2D eigenvalue weighted by molar-refractivity contribution is 7.84. The Labute approximate surface area is 143 Å². The fourth-order valence-corrected chi connectivity index (χ4v) is 4.72. The molecule has 2 heterocycles. The molecule has 23 heavy (non-hydrogen) atoms. The Hall–Kier alpha value is -1.30. The van der Waals surface area contributed by atoms with Gasteiger partial charge in [-0.1, -0.05) is 35.9 Å². The molecule has 6 heteroatoms. The summed E-state index contributed by atoms with van der Waals surface area (Å²) < 4.78 is 11.8. The number of halogens is 1. The largest absolute Gasteiger partial charge is 0.292 e. The van der Waals surface area contributed by atoms with E-state index < -0.39 is 10.8 Å². The summed E-state index contributed by atoms with van der Waals surface area (Å²) >= 11 is 6.34. The number of benzene rings is 1. The molecule has 2 aromatic rings. The predicted octanol–water partition coefficient (Wildman–Crippen LogP) is 2.70. The zero-order valence-corrected chi connectivity index (χ0v) is 14.7. The summed E-state index contributed by atoms with van der Waals surface area (Å²) in [6, 6.07) is 8.65. The van der Waals surface area contributed by atoms with Crippen LogP contribution in [0.4, 0.5) is 0 Å². The van der Waals surface area contributed by atoms with Crippen LogP contribution in [-0.2, 0) is 35.7 Å². The minimum Gasteiger partial charge on any atom is -0.292 e. The van der Waals surface area contributed by atoms with E-state index in [0.717, 1.165) is 37.1 Å². The predicted molar refractivity (Wildman–Crippen MR) is 91.0 cm³/mol. The van der Waals surface area contributed by atoms with Crippen molar-refractivity contribution in [3.8, 4) is 0 Å². The van der Waals surface area contributed by atoms with E-state index in [1.165, 1.54) is 11.1 Å². The lowest BCUT2D eigenvalue weighted by Gasteiger charge is -2.44. The van der Waals surface area contributed by atoms with E-state index >= 15 is 0 Å². The first kappa shape index (κ1) is 15.2. The molecule has 1 spiro atoms. The van der Waals surface area contributed by atoms with Gasteiger partial charge in [0.2, 0.25) is 5.16 Å². The van der Waals surface area contributed by atoms with Crippen LogP contribution in [0.5, 0.6) is 0 Å². The third kappa shape index (κ3) is 2.25. The van der Waals surface area contributed by atoms with Crippen LogP contribution in [0.2, 0.25) is 5.15 Å². The smallest absolute Gasteiger partial charge is 0.219 e. The molecule has 1 aromatic heterocycles. The third-order valence-electron chi connectivity index (χ3n) is 5.19. The van der Waals surface area contributed by atoms with Crippen LogP contribution in [0.1, 0.15) is 28.8 Å². The van der Waals surface area contributed by atoms with Gasteiger partial charge in [-0.2, -0.15) is 0 Å². The molecular weight excluding hydrogens is 330 g/mol. The first-order valence-electron chi connectivity index (χ1n) is 7.69. The molecule has 0 fully saturated rings. The van der Waals surface area contributed by atoms with Gasteiger partial charge in [-0.15, -0.1) is 0 Å². The Balaban J connectivity index is 1.85. The monoisotopic (exact) mass is 347 g/mol. The highest BCUT2D eigenvalue weighted by Gasteiger charge is 2.45. The van der Waals surface area contributed by atoms with Gasteiger partial charge in [-0.3, -0.25) is 9.11 Å². The number of fused-ring (bicyclic) bond motifs is 3. The van der Waals surface area contributed by atoms with E-state index in [0.29, 0.717) is 10.3 Å². The van der Waals surface area contributed by atoms with Gasteiger partial charge in [0.05, 0.1) is 22.0 Å². The maximum atomic E-state index is 11.8. The lowest BCUT2D eigenvalue weighted by atomic mass is 9.81. The van der Waals surface area contributed by atoms with Gasteiger partial charge >= 0.3 is 0 Å². The van der Waals surface area contributed by atoms with Gasteiger partial charge in [-0.05, 0) is 31.0 Å². The van der Waals surface area contributed by atoms with Crippen molar-refractivity contribution in [2.45, 2.75) is 36.5 Å². The minimum atomic E-state index is -1.22. The average molecular weight is 348 g/mol. The van der Waals surface area contributed by atoms with E-state index in [1.54, 1.807) is 6.26 Å². The third-order valence-corrected chi connectivity index (χ3v) is 6.20. The Bertz CT molecular complexity index is 825. The molecule has 4 nitrogen and oxygen atoms in total. The Morgan fingerprint density at radius 1 is 1.30 bits per heavy atom. The Kier molecular flexibility index (Phi) is 3.55. The van der Waals surface area contributed by atoms with E-state index in [9.17, 15) is 4.21 Å². The number of nitrogens with zero attached hydrogens (tertiary/aromatic N) is 3. The molecule has 120 valence electrons. The Morgan fingerprint density at radius 2 is 2.09 bits per heavy atom. The second-order valence-corrected chi connectivity index (χ2v) is 8.03. The molecule has 1 aliphatic heterocycles. The number of likely N-dealkylation sites (N-methyl/N-ethyl adjacent to an activating group) is 1. The van der Waals surface area contributed by atoms with Crippen molar-refractivity contribution in [1.82, 2.24) is 14.9 Å². The summed E-state index contributed by atoms with van der Waals surface area (Å²) in [7, 11) is 0.922. The van der Waals surface area contributed by atoms with E-state index in [4.69, 9.17) is 11.6 Å². The summed E-state index contributed by atoms with van der Waals surface area (Å²) in [6.45, 7) is 0.721. The van der Waals surface area contributed by atoms with Gasteiger partial charge in [0.15, 0.2) is 0 Å². The van der Waals surface area contributed by atoms with Crippen molar-refractivity contribution < 1.29 is 4.21 Å². The summed E-state index contributed by atoms with van der Waals surface area (Å²) in [5.41, 5.74) is 4.70. The first-order chi connectivity index (χ1) is 11.0. The summed E-state index contributed by atoms with van der Waals surface area (Å²) in [6.07, 6.45) is 4.55. The van der Waals surface area contributed by atoms with Crippen LogP contribution in [0.3, 0.4) is 0 Å². The van der Waals surface area contributed by atoms with Crippen molar-refractivity contribution in [2.75, 3.05) is 13.3 Å². The maximum absolute atomic E-state index is 11.8. The first-order valence-corrected chi connectivity index (χ1v) is 9.63. The molecule has 0 saturated carbocycles. The van der Waals surface area contributed by atoms with Crippen molar-refractivity contribution in [3.63, 3.8) is 0 Å². The minimum absolute atomic E-state index is 0.0339. The van der Waals surface area contributed by atoms with Crippen molar-refractivity contribution >= 4 is 22.4 Å². The second-order valence-electron chi connectivity index (χ2n) is 6.40.